The third kappa shape index (κ3) is 3.74. The largest absolute Gasteiger partial charge is 0.494 e. The molecule has 3 aromatic rings. The predicted octanol–water partition coefficient (Wildman–Crippen LogP) is 6.93. The molecule has 1 heterocycles. The van der Waals surface area contributed by atoms with E-state index in [1.165, 1.54) is 16.0 Å². The van der Waals surface area contributed by atoms with Crippen molar-refractivity contribution >= 4 is 23.1 Å². The molecular formula is C34H33NO3. The van der Waals surface area contributed by atoms with Crippen molar-refractivity contribution in [3.8, 4) is 5.75 Å². The van der Waals surface area contributed by atoms with Crippen molar-refractivity contribution in [3.05, 3.63) is 113 Å². The molecule has 4 nitrogen and oxygen atoms in total. The molecule has 1 aliphatic heterocycles. The van der Waals surface area contributed by atoms with Crippen LogP contribution in [-0.2, 0) is 9.59 Å². The number of rotatable bonds is 5. The lowest BCUT2D eigenvalue weighted by Crippen LogP contribution is -2.34. The van der Waals surface area contributed by atoms with Crippen molar-refractivity contribution in [1.29, 1.82) is 0 Å². The van der Waals surface area contributed by atoms with Crippen molar-refractivity contribution in [2.75, 3.05) is 11.5 Å². The normalized spacial score (nSPS) is 24.1. The van der Waals surface area contributed by atoms with Crippen LogP contribution in [0.2, 0.25) is 0 Å². The van der Waals surface area contributed by atoms with Crippen LogP contribution >= 0.6 is 0 Å². The Kier molecular flexibility index (Phi) is 5.86. The van der Waals surface area contributed by atoms with Gasteiger partial charge in [0.2, 0.25) is 11.8 Å². The van der Waals surface area contributed by atoms with Crippen molar-refractivity contribution in [1.82, 2.24) is 0 Å². The predicted molar refractivity (Wildman–Crippen MR) is 151 cm³/mol. The van der Waals surface area contributed by atoms with Gasteiger partial charge in [-0.15, -0.1) is 0 Å². The Balaban J connectivity index is 1.51. The van der Waals surface area contributed by atoms with Gasteiger partial charge in [0.15, 0.2) is 0 Å². The van der Waals surface area contributed by atoms with E-state index in [9.17, 15) is 9.59 Å². The molecule has 0 radical (unpaired) electrons. The van der Waals surface area contributed by atoms with Gasteiger partial charge in [-0.25, -0.2) is 4.90 Å². The number of hydrogen-bond donors (Lipinski definition) is 0. The van der Waals surface area contributed by atoms with Gasteiger partial charge in [-0.1, -0.05) is 93.1 Å². The molecule has 0 N–H and O–H groups in total. The summed E-state index contributed by atoms with van der Waals surface area (Å²) >= 11 is 0. The minimum absolute atomic E-state index is 0.0931. The summed E-state index contributed by atoms with van der Waals surface area (Å²) < 4.78 is 5.57. The fourth-order valence-corrected chi connectivity index (χ4v) is 6.75. The Morgan fingerprint density at radius 3 is 1.87 bits per heavy atom. The van der Waals surface area contributed by atoms with Gasteiger partial charge < -0.3 is 4.74 Å². The second-order valence-electron chi connectivity index (χ2n) is 11.4. The molecule has 4 heteroatoms. The average Bonchev–Trinajstić information content (AvgIpc) is 3.53. The number of imide groups is 1. The number of amides is 2. The van der Waals surface area contributed by atoms with E-state index in [4.69, 9.17) is 4.74 Å². The first kappa shape index (κ1) is 24.4. The van der Waals surface area contributed by atoms with Crippen LogP contribution in [0.3, 0.4) is 0 Å². The van der Waals surface area contributed by atoms with Gasteiger partial charge in [-0.05, 0) is 58.9 Å². The van der Waals surface area contributed by atoms with Gasteiger partial charge in [0.1, 0.15) is 5.75 Å². The van der Waals surface area contributed by atoms with Crippen molar-refractivity contribution < 1.29 is 14.3 Å². The van der Waals surface area contributed by atoms with Gasteiger partial charge in [0.25, 0.3) is 0 Å². The maximum Gasteiger partial charge on any atom is 0.238 e. The lowest BCUT2D eigenvalue weighted by molar-refractivity contribution is -0.122. The van der Waals surface area contributed by atoms with E-state index < -0.39 is 5.92 Å². The molecule has 2 aliphatic carbocycles. The van der Waals surface area contributed by atoms with Crippen LogP contribution < -0.4 is 9.64 Å². The van der Waals surface area contributed by atoms with E-state index in [-0.39, 0.29) is 35.0 Å². The van der Waals surface area contributed by atoms with Crippen LogP contribution in [-0.4, -0.2) is 18.4 Å². The molecule has 3 aliphatic rings. The first-order valence-corrected chi connectivity index (χ1v) is 13.5. The quantitative estimate of drug-likeness (QED) is 0.280. The third-order valence-electron chi connectivity index (χ3n) is 8.22. The Morgan fingerprint density at radius 2 is 1.34 bits per heavy atom. The van der Waals surface area contributed by atoms with Gasteiger partial charge >= 0.3 is 0 Å². The molecule has 2 amide bonds. The lowest BCUT2D eigenvalue weighted by atomic mass is 9.71. The molecular weight excluding hydrogens is 470 g/mol. The zero-order valence-electron chi connectivity index (χ0n) is 22.3. The molecule has 0 spiro atoms. The zero-order chi connectivity index (χ0) is 26.6. The van der Waals surface area contributed by atoms with Crippen molar-refractivity contribution in [3.63, 3.8) is 0 Å². The van der Waals surface area contributed by atoms with Crippen LogP contribution in [0.5, 0.6) is 5.75 Å². The van der Waals surface area contributed by atoms with Crippen LogP contribution in [0.15, 0.2) is 102 Å². The van der Waals surface area contributed by atoms with Gasteiger partial charge in [0, 0.05) is 11.8 Å². The fraction of sp³-hybridized carbons (Fsp3) is 0.294. The van der Waals surface area contributed by atoms with E-state index in [0.29, 0.717) is 12.3 Å². The molecule has 6 rings (SSSR count). The molecule has 192 valence electrons. The zero-order valence-corrected chi connectivity index (χ0v) is 22.3. The Bertz CT molecular complexity index is 1400. The SMILES string of the molecule is CCOc1ccc(N2C(=O)[C@@H]3[C@H]4C(C(C)(C)C)=C[C@@H](C4=C(c4ccccc4)c4ccccc4)[C@@H]3C2=O)cc1. The second-order valence-corrected chi connectivity index (χ2v) is 11.4. The molecule has 38 heavy (non-hydrogen) atoms. The number of benzene rings is 3. The molecule has 2 fully saturated rings. The molecule has 1 saturated heterocycles. The van der Waals surface area contributed by atoms with Crippen LogP contribution in [0.4, 0.5) is 5.69 Å². The van der Waals surface area contributed by atoms with E-state index in [1.54, 1.807) is 0 Å². The topological polar surface area (TPSA) is 46.6 Å². The van der Waals surface area contributed by atoms with E-state index in [0.717, 1.165) is 22.4 Å². The number of carbonyl (C=O) groups excluding carboxylic acids is 2. The Labute approximate surface area is 224 Å². The van der Waals surface area contributed by atoms with Crippen molar-refractivity contribution in [2.24, 2.45) is 29.1 Å². The molecule has 0 unspecified atom stereocenters. The fourth-order valence-electron chi connectivity index (χ4n) is 6.75. The molecule has 4 atom stereocenters. The highest BCUT2D eigenvalue weighted by atomic mass is 16.5. The summed E-state index contributed by atoms with van der Waals surface area (Å²) in [6.45, 7) is 9.13. The number of allylic oxidation sites excluding steroid dienone is 3. The van der Waals surface area contributed by atoms with Gasteiger partial charge in [0.05, 0.1) is 24.1 Å². The summed E-state index contributed by atoms with van der Waals surface area (Å²) in [6, 6.07) is 28.1. The van der Waals surface area contributed by atoms with Crippen LogP contribution in [0.1, 0.15) is 38.8 Å². The van der Waals surface area contributed by atoms with E-state index >= 15 is 0 Å². The maximum atomic E-state index is 14.1. The first-order valence-electron chi connectivity index (χ1n) is 13.5. The summed E-state index contributed by atoms with van der Waals surface area (Å²) in [5.74, 6) is -0.460. The van der Waals surface area contributed by atoms with Crippen molar-refractivity contribution in [2.45, 2.75) is 27.7 Å². The Hall–Kier alpha value is -3.92. The highest BCUT2D eigenvalue weighted by Gasteiger charge is 2.65. The number of nitrogens with zero attached hydrogens (tertiary/aromatic N) is 1. The lowest BCUT2D eigenvalue weighted by Gasteiger charge is -2.31. The second kappa shape index (κ2) is 9.13. The molecule has 0 aromatic heterocycles. The van der Waals surface area contributed by atoms with Gasteiger partial charge in [-0.2, -0.15) is 0 Å². The van der Waals surface area contributed by atoms with Gasteiger partial charge in [-0.3, -0.25) is 9.59 Å². The summed E-state index contributed by atoms with van der Waals surface area (Å²) in [6.07, 6.45) is 2.31. The minimum Gasteiger partial charge on any atom is -0.494 e. The number of anilines is 1. The summed E-state index contributed by atoms with van der Waals surface area (Å²) in [7, 11) is 0. The summed E-state index contributed by atoms with van der Waals surface area (Å²) in [5, 5.41) is 0. The molecule has 2 bridgehead atoms. The smallest absolute Gasteiger partial charge is 0.238 e. The Morgan fingerprint density at radius 1 is 0.789 bits per heavy atom. The summed E-state index contributed by atoms with van der Waals surface area (Å²) in [4.78, 5) is 29.6. The maximum absolute atomic E-state index is 14.1. The van der Waals surface area contributed by atoms with E-state index in [1.807, 2.05) is 43.3 Å². The third-order valence-corrected chi connectivity index (χ3v) is 8.22. The monoisotopic (exact) mass is 503 g/mol. The molecule has 1 saturated carbocycles. The number of ether oxygens (including phenoxy) is 1. The van der Waals surface area contributed by atoms with Crippen LogP contribution in [0, 0.1) is 29.1 Å². The number of hydrogen-bond acceptors (Lipinski definition) is 3. The minimum atomic E-state index is -0.393. The number of fused-ring (bicyclic) bond motifs is 5. The van der Waals surface area contributed by atoms with Crippen LogP contribution in [0.25, 0.3) is 5.57 Å². The first-order chi connectivity index (χ1) is 18.3. The standard InChI is InChI=1S/C34H33NO3/c1-5-38-24-18-16-23(17-19-24)35-32(36)29-25-20-26(34(2,3)4)30(31(29)33(35)37)28(25)27(21-12-8-6-9-13-21)22-14-10-7-11-15-22/h6-20,25,29-31H,5H2,1-4H3/t25-,29-,30-,31-/m0/s1. The highest BCUT2D eigenvalue weighted by molar-refractivity contribution is 6.23. The average molecular weight is 504 g/mol. The summed E-state index contributed by atoms with van der Waals surface area (Å²) in [5.41, 5.74) is 6.37. The molecule has 3 aromatic carbocycles. The number of carbonyl (C=O) groups is 2. The van der Waals surface area contributed by atoms with E-state index in [2.05, 4.69) is 75.4 Å². The highest BCUT2D eigenvalue weighted by Crippen LogP contribution is 2.64.